The number of thiophene rings is 1. The summed E-state index contributed by atoms with van der Waals surface area (Å²) in [6.45, 7) is 1.79. The third-order valence-corrected chi connectivity index (χ3v) is 5.52. The largest absolute Gasteiger partial charge is 0.376 e. The zero-order valence-corrected chi connectivity index (χ0v) is 17.6. The van der Waals surface area contributed by atoms with E-state index in [0.717, 1.165) is 28.7 Å². The Labute approximate surface area is 177 Å². The Hall–Kier alpha value is -2.90. The van der Waals surface area contributed by atoms with Crippen molar-refractivity contribution in [2.75, 3.05) is 29.6 Å². The first kappa shape index (κ1) is 20.8. The average molecular weight is 432 g/mol. The van der Waals surface area contributed by atoms with Gasteiger partial charge >= 0.3 is 0 Å². The summed E-state index contributed by atoms with van der Waals surface area (Å²) in [6.07, 6.45) is 0. The first-order chi connectivity index (χ1) is 13.7. The maximum absolute atomic E-state index is 13.3. The van der Waals surface area contributed by atoms with Gasteiger partial charge in [-0.3, -0.25) is 9.59 Å². The van der Waals surface area contributed by atoms with Crippen LogP contribution in [0, 0.1) is 12.7 Å². The Kier molecular flexibility index (Phi) is 6.20. The Morgan fingerprint density at radius 2 is 1.79 bits per heavy atom. The number of amides is 2. The third kappa shape index (κ3) is 4.93. The van der Waals surface area contributed by atoms with E-state index in [4.69, 9.17) is 11.6 Å². The summed E-state index contributed by atoms with van der Waals surface area (Å²) in [5, 5.41) is 6.60. The summed E-state index contributed by atoms with van der Waals surface area (Å²) in [7, 11) is 3.74. The van der Waals surface area contributed by atoms with E-state index in [-0.39, 0.29) is 11.5 Å². The van der Waals surface area contributed by atoms with Gasteiger partial charge in [-0.25, -0.2) is 4.39 Å². The van der Waals surface area contributed by atoms with E-state index in [2.05, 4.69) is 10.6 Å². The maximum atomic E-state index is 13.3. The zero-order valence-electron chi connectivity index (χ0n) is 16.0. The van der Waals surface area contributed by atoms with E-state index in [9.17, 15) is 14.0 Å². The van der Waals surface area contributed by atoms with Crippen LogP contribution in [0.2, 0.25) is 5.02 Å². The third-order valence-electron chi connectivity index (χ3n) is 4.14. The monoisotopic (exact) mass is 431 g/mol. The molecule has 3 aromatic rings. The minimum absolute atomic E-state index is 0.205. The lowest BCUT2D eigenvalue weighted by Crippen LogP contribution is -2.16. The molecular formula is C21H19ClFN3O2S. The van der Waals surface area contributed by atoms with Crippen LogP contribution in [0.1, 0.15) is 25.6 Å². The van der Waals surface area contributed by atoms with Gasteiger partial charge in [0.15, 0.2) is 0 Å². The summed E-state index contributed by atoms with van der Waals surface area (Å²) >= 11 is 7.22. The Bertz CT molecular complexity index is 1080. The molecule has 5 nitrogen and oxygen atoms in total. The SMILES string of the molecule is Cc1cc(NC(=O)c2cccc(F)c2)sc1C(=O)Nc1cc(Cl)ccc1N(C)C. The van der Waals surface area contributed by atoms with Crippen molar-refractivity contribution in [3.63, 3.8) is 0 Å². The van der Waals surface area contributed by atoms with Crippen LogP contribution in [0.4, 0.5) is 20.8 Å². The zero-order chi connectivity index (χ0) is 21.1. The fourth-order valence-corrected chi connectivity index (χ4v) is 3.90. The molecule has 1 aromatic heterocycles. The van der Waals surface area contributed by atoms with Crippen LogP contribution in [-0.4, -0.2) is 25.9 Å². The average Bonchev–Trinajstić information content (AvgIpc) is 3.01. The summed E-state index contributed by atoms with van der Waals surface area (Å²) in [5.74, 6) is -1.23. The van der Waals surface area contributed by atoms with Gasteiger partial charge in [0.25, 0.3) is 11.8 Å². The van der Waals surface area contributed by atoms with Gasteiger partial charge in [-0.2, -0.15) is 0 Å². The Morgan fingerprint density at radius 1 is 1.03 bits per heavy atom. The van der Waals surface area contributed by atoms with E-state index in [1.807, 2.05) is 25.1 Å². The van der Waals surface area contributed by atoms with E-state index in [1.54, 1.807) is 25.1 Å². The number of carbonyl (C=O) groups is 2. The summed E-state index contributed by atoms with van der Waals surface area (Å²) in [5.41, 5.74) is 2.33. The minimum atomic E-state index is -0.488. The molecular weight excluding hydrogens is 413 g/mol. The molecule has 0 radical (unpaired) electrons. The van der Waals surface area contributed by atoms with Crippen LogP contribution in [0.5, 0.6) is 0 Å². The van der Waals surface area contributed by atoms with Gasteiger partial charge in [-0.15, -0.1) is 11.3 Å². The van der Waals surface area contributed by atoms with Gasteiger partial charge in [0.1, 0.15) is 5.82 Å². The van der Waals surface area contributed by atoms with Crippen molar-refractivity contribution in [1.29, 1.82) is 0 Å². The van der Waals surface area contributed by atoms with Crippen LogP contribution < -0.4 is 15.5 Å². The number of nitrogens with one attached hydrogen (secondary N) is 2. The number of hydrogen-bond acceptors (Lipinski definition) is 4. The first-order valence-corrected chi connectivity index (χ1v) is 9.89. The van der Waals surface area contributed by atoms with Gasteiger partial charge in [0.05, 0.1) is 21.3 Å². The molecule has 0 saturated heterocycles. The number of aryl methyl sites for hydroxylation is 1. The quantitative estimate of drug-likeness (QED) is 0.567. The van der Waals surface area contributed by atoms with Gasteiger partial charge in [0.2, 0.25) is 0 Å². The molecule has 0 saturated carbocycles. The molecule has 0 aliphatic rings. The fourth-order valence-electron chi connectivity index (χ4n) is 2.76. The topological polar surface area (TPSA) is 61.4 Å². The number of halogens is 2. The van der Waals surface area contributed by atoms with Crippen molar-refractivity contribution in [2.45, 2.75) is 6.92 Å². The highest BCUT2D eigenvalue weighted by Gasteiger charge is 2.18. The molecule has 0 fully saturated rings. The molecule has 0 atom stereocenters. The number of hydrogen-bond donors (Lipinski definition) is 2. The number of benzene rings is 2. The molecule has 2 amide bonds. The molecule has 0 spiro atoms. The van der Waals surface area contributed by atoms with E-state index >= 15 is 0 Å². The van der Waals surface area contributed by atoms with Crippen LogP contribution in [0.3, 0.4) is 0 Å². The van der Waals surface area contributed by atoms with Gasteiger partial charge in [-0.1, -0.05) is 17.7 Å². The fraction of sp³-hybridized carbons (Fsp3) is 0.143. The van der Waals surface area contributed by atoms with Crippen LogP contribution >= 0.6 is 22.9 Å². The second-order valence-electron chi connectivity index (χ2n) is 6.60. The molecule has 2 N–H and O–H groups in total. The summed E-state index contributed by atoms with van der Waals surface area (Å²) < 4.78 is 13.3. The molecule has 0 aliphatic heterocycles. The van der Waals surface area contributed by atoms with E-state index in [0.29, 0.717) is 20.6 Å². The van der Waals surface area contributed by atoms with Gasteiger partial charge in [-0.05, 0) is 55.0 Å². The number of anilines is 3. The normalized spacial score (nSPS) is 10.5. The predicted molar refractivity (Wildman–Crippen MR) is 117 cm³/mol. The highest BCUT2D eigenvalue weighted by Crippen LogP contribution is 2.31. The maximum Gasteiger partial charge on any atom is 0.266 e. The van der Waals surface area contributed by atoms with Crippen molar-refractivity contribution < 1.29 is 14.0 Å². The van der Waals surface area contributed by atoms with E-state index < -0.39 is 11.7 Å². The smallest absolute Gasteiger partial charge is 0.266 e. The highest BCUT2D eigenvalue weighted by molar-refractivity contribution is 7.18. The van der Waals surface area contributed by atoms with Crippen molar-refractivity contribution in [3.05, 3.63) is 75.4 Å². The number of nitrogens with zero attached hydrogens (tertiary/aromatic N) is 1. The highest BCUT2D eigenvalue weighted by atomic mass is 35.5. The van der Waals surface area contributed by atoms with Crippen molar-refractivity contribution in [3.8, 4) is 0 Å². The number of carbonyl (C=O) groups excluding carboxylic acids is 2. The molecule has 2 aromatic carbocycles. The molecule has 150 valence electrons. The molecule has 0 unspecified atom stereocenters. The molecule has 8 heteroatoms. The molecule has 0 bridgehead atoms. The lowest BCUT2D eigenvalue weighted by Gasteiger charge is -2.18. The summed E-state index contributed by atoms with van der Waals surface area (Å²) in [4.78, 5) is 27.5. The Morgan fingerprint density at radius 3 is 2.48 bits per heavy atom. The number of rotatable bonds is 5. The van der Waals surface area contributed by atoms with Crippen LogP contribution in [-0.2, 0) is 0 Å². The molecule has 29 heavy (non-hydrogen) atoms. The second kappa shape index (κ2) is 8.63. The molecule has 1 heterocycles. The lowest BCUT2D eigenvalue weighted by atomic mass is 10.2. The van der Waals surface area contributed by atoms with Crippen molar-refractivity contribution >= 4 is 51.1 Å². The second-order valence-corrected chi connectivity index (χ2v) is 8.09. The predicted octanol–water partition coefficient (Wildman–Crippen LogP) is 5.42. The first-order valence-electron chi connectivity index (χ1n) is 8.70. The van der Waals surface area contributed by atoms with Gasteiger partial charge in [0, 0.05) is 24.7 Å². The minimum Gasteiger partial charge on any atom is -0.376 e. The van der Waals surface area contributed by atoms with E-state index in [1.165, 1.54) is 18.2 Å². The Balaban J connectivity index is 1.79. The van der Waals surface area contributed by atoms with Crippen molar-refractivity contribution in [1.82, 2.24) is 0 Å². The lowest BCUT2D eigenvalue weighted by molar-refractivity contribution is 0.102. The summed E-state index contributed by atoms with van der Waals surface area (Å²) in [6, 6.07) is 12.4. The van der Waals surface area contributed by atoms with Crippen LogP contribution in [0.15, 0.2) is 48.5 Å². The molecule has 0 aliphatic carbocycles. The standard InChI is InChI=1S/C21H19ClFN3O2S/c1-12-9-18(25-20(27)13-5-4-6-15(23)10-13)29-19(12)21(28)24-16-11-14(22)7-8-17(16)26(2)3/h4-11H,1-3H3,(H,24,28)(H,25,27). The molecule has 3 rings (SSSR count). The van der Waals surface area contributed by atoms with Crippen molar-refractivity contribution in [2.24, 2.45) is 0 Å². The van der Waals surface area contributed by atoms with Crippen LogP contribution in [0.25, 0.3) is 0 Å². The van der Waals surface area contributed by atoms with Gasteiger partial charge < -0.3 is 15.5 Å².